The Morgan fingerprint density at radius 2 is 2.05 bits per heavy atom. The van der Waals surface area contributed by atoms with Gasteiger partial charge in [-0.25, -0.2) is 0 Å². The molecule has 21 heavy (non-hydrogen) atoms. The highest BCUT2D eigenvalue weighted by atomic mass is 32.1. The van der Waals surface area contributed by atoms with Crippen molar-refractivity contribution in [3.8, 4) is 0 Å². The van der Waals surface area contributed by atoms with Crippen molar-refractivity contribution in [1.82, 2.24) is 10.2 Å². The minimum absolute atomic E-state index is 0.131. The summed E-state index contributed by atoms with van der Waals surface area (Å²) in [4.78, 5) is 16.2. The maximum absolute atomic E-state index is 12.9. The fraction of sp³-hybridized carbons (Fsp3) is 0.706. The fourth-order valence-electron chi connectivity index (χ4n) is 3.76. The largest absolute Gasteiger partial charge is 0.340 e. The Balaban J connectivity index is 1.71. The van der Waals surface area contributed by atoms with Crippen LogP contribution < -0.4 is 5.32 Å². The van der Waals surface area contributed by atoms with Crippen molar-refractivity contribution < 1.29 is 4.79 Å². The molecule has 1 aliphatic heterocycles. The Hall–Kier alpha value is -0.870. The number of fused-ring (bicyclic) bond motifs is 1. The average Bonchev–Trinajstić information content (AvgIpc) is 2.73. The van der Waals surface area contributed by atoms with Crippen LogP contribution in [0.1, 0.15) is 55.0 Å². The molecule has 1 aromatic rings. The maximum Gasteiger partial charge on any atom is 0.245 e. The van der Waals surface area contributed by atoms with Crippen molar-refractivity contribution in [2.24, 2.45) is 5.92 Å². The monoisotopic (exact) mass is 306 g/mol. The molecule has 1 fully saturated rings. The zero-order valence-electron chi connectivity index (χ0n) is 12.9. The Kier molecular flexibility index (Phi) is 4.96. The van der Waals surface area contributed by atoms with E-state index in [1.807, 2.05) is 7.05 Å². The number of carbonyl (C=O) groups excluding carboxylic acids is 1. The lowest BCUT2D eigenvalue weighted by molar-refractivity contribution is -0.133. The molecule has 0 saturated heterocycles. The van der Waals surface area contributed by atoms with Gasteiger partial charge in [-0.2, -0.15) is 0 Å². The van der Waals surface area contributed by atoms with Gasteiger partial charge < -0.3 is 10.2 Å². The van der Waals surface area contributed by atoms with E-state index in [0.717, 1.165) is 19.5 Å². The minimum atomic E-state index is -0.131. The number of likely N-dealkylation sites (N-methyl/N-ethyl adjacent to an activating group) is 1. The third kappa shape index (κ3) is 3.32. The normalized spacial score (nSPS) is 24.5. The molecule has 1 atom stereocenters. The number of carbonyl (C=O) groups is 1. The molecule has 1 aliphatic carbocycles. The maximum atomic E-state index is 12.9. The molecule has 1 saturated carbocycles. The zero-order valence-corrected chi connectivity index (χ0v) is 13.8. The highest BCUT2D eigenvalue weighted by Gasteiger charge is 2.31. The van der Waals surface area contributed by atoms with Crippen LogP contribution in [0.3, 0.4) is 0 Å². The molecule has 0 aromatic carbocycles. The van der Waals surface area contributed by atoms with Gasteiger partial charge >= 0.3 is 0 Å². The third-order valence-electron chi connectivity index (χ3n) is 4.99. The molecule has 4 heteroatoms. The highest BCUT2D eigenvalue weighted by Crippen LogP contribution is 2.31. The molecule has 1 unspecified atom stereocenters. The topological polar surface area (TPSA) is 32.3 Å². The molecule has 0 radical (unpaired) electrons. The van der Waals surface area contributed by atoms with Crippen LogP contribution >= 0.6 is 11.3 Å². The first kappa shape index (κ1) is 15.0. The molecular weight excluding hydrogens is 280 g/mol. The van der Waals surface area contributed by atoms with Gasteiger partial charge in [0.05, 0.1) is 0 Å². The summed E-state index contributed by atoms with van der Waals surface area (Å²) in [6.07, 6.45) is 9.05. The molecule has 1 N–H and O–H groups in total. The van der Waals surface area contributed by atoms with E-state index in [-0.39, 0.29) is 11.9 Å². The Labute approximate surface area is 131 Å². The van der Waals surface area contributed by atoms with Crippen molar-refractivity contribution in [3.05, 3.63) is 21.9 Å². The average molecular weight is 306 g/mol. The van der Waals surface area contributed by atoms with Crippen LogP contribution in [-0.2, 0) is 11.2 Å². The van der Waals surface area contributed by atoms with Crippen LogP contribution in [0.5, 0.6) is 0 Å². The summed E-state index contributed by atoms with van der Waals surface area (Å²) in [7, 11) is 1.90. The Morgan fingerprint density at radius 1 is 1.29 bits per heavy atom. The molecular formula is C17H26N2OS. The van der Waals surface area contributed by atoms with Crippen molar-refractivity contribution in [2.75, 3.05) is 20.1 Å². The second kappa shape index (κ2) is 6.93. The van der Waals surface area contributed by atoms with Crippen LogP contribution in [0, 0.1) is 5.92 Å². The van der Waals surface area contributed by atoms with Gasteiger partial charge in [0.25, 0.3) is 0 Å². The second-order valence-corrected chi connectivity index (χ2v) is 7.37. The third-order valence-corrected chi connectivity index (χ3v) is 6.02. The van der Waals surface area contributed by atoms with Gasteiger partial charge in [0, 0.05) is 18.0 Å². The summed E-state index contributed by atoms with van der Waals surface area (Å²) in [6, 6.07) is 2.06. The minimum Gasteiger partial charge on any atom is -0.340 e. The van der Waals surface area contributed by atoms with Gasteiger partial charge in [0.15, 0.2) is 0 Å². The number of amides is 1. The van der Waals surface area contributed by atoms with Crippen LogP contribution in [0.15, 0.2) is 11.4 Å². The molecule has 0 bridgehead atoms. The summed E-state index contributed by atoms with van der Waals surface area (Å²) in [5.41, 5.74) is 1.36. The van der Waals surface area contributed by atoms with Crippen molar-refractivity contribution in [3.63, 3.8) is 0 Å². The first-order valence-electron chi connectivity index (χ1n) is 8.32. The number of nitrogens with zero attached hydrogens (tertiary/aromatic N) is 1. The lowest BCUT2D eigenvalue weighted by Gasteiger charge is -2.28. The molecule has 0 spiro atoms. The summed E-state index contributed by atoms with van der Waals surface area (Å²) < 4.78 is 0. The lowest BCUT2D eigenvalue weighted by Crippen LogP contribution is -2.41. The van der Waals surface area contributed by atoms with Gasteiger partial charge in [-0.15, -0.1) is 11.3 Å². The highest BCUT2D eigenvalue weighted by molar-refractivity contribution is 7.10. The van der Waals surface area contributed by atoms with E-state index in [4.69, 9.17) is 0 Å². The Morgan fingerprint density at radius 3 is 2.76 bits per heavy atom. The smallest absolute Gasteiger partial charge is 0.245 e. The van der Waals surface area contributed by atoms with Crippen LogP contribution in [0.4, 0.5) is 0 Å². The van der Waals surface area contributed by atoms with Crippen molar-refractivity contribution >= 4 is 17.2 Å². The van der Waals surface area contributed by atoms with Crippen LogP contribution in [0.2, 0.25) is 0 Å². The SMILES string of the molecule is CNC1C(=O)N(CC2CCCCCC2)CCc2ccsc21. The van der Waals surface area contributed by atoms with Crippen LogP contribution in [-0.4, -0.2) is 30.9 Å². The summed E-state index contributed by atoms with van der Waals surface area (Å²) in [5, 5.41) is 5.35. The van der Waals surface area contributed by atoms with E-state index in [1.165, 1.54) is 49.0 Å². The van der Waals surface area contributed by atoms with E-state index in [0.29, 0.717) is 5.92 Å². The predicted molar refractivity (Wildman–Crippen MR) is 87.6 cm³/mol. The van der Waals surface area contributed by atoms with E-state index in [1.54, 1.807) is 11.3 Å². The number of rotatable bonds is 3. The number of thiophene rings is 1. The molecule has 3 nitrogen and oxygen atoms in total. The summed E-state index contributed by atoms with van der Waals surface area (Å²) >= 11 is 1.72. The van der Waals surface area contributed by atoms with Crippen LogP contribution in [0.25, 0.3) is 0 Å². The van der Waals surface area contributed by atoms with E-state index in [9.17, 15) is 4.79 Å². The van der Waals surface area contributed by atoms with Gasteiger partial charge in [0.1, 0.15) is 6.04 Å². The van der Waals surface area contributed by atoms with Gasteiger partial charge in [-0.05, 0) is 49.2 Å². The van der Waals surface area contributed by atoms with E-state index < -0.39 is 0 Å². The first-order chi connectivity index (χ1) is 10.3. The summed E-state index contributed by atoms with van der Waals surface area (Å²) in [6.45, 7) is 1.85. The van der Waals surface area contributed by atoms with Crippen molar-refractivity contribution in [2.45, 2.75) is 51.0 Å². The number of nitrogens with one attached hydrogen (secondary N) is 1. The molecule has 2 aliphatic rings. The molecule has 116 valence electrons. The van der Waals surface area contributed by atoms with Gasteiger partial charge in [-0.3, -0.25) is 4.79 Å². The molecule has 3 rings (SSSR count). The molecule has 2 heterocycles. The van der Waals surface area contributed by atoms with E-state index >= 15 is 0 Å². The molecule has 1 amide bonds. The quantitative estimate of drug-likeness (QED) is 0.869. The lowest BCUT2D eigenvalue weighted by atomic mass is 9.99. The summed E-state index contributed by atoms with van der Waals surface area (Å²) in [5.74, 6) is 0.994. The number of hydrogen-bond acceptors (Lipinski definition) is 3. The Bertz CT molecular complexity index is 477. The first-order valence-corrected chi connectivity index (χ1v) is 9.20. The van der Waals surface area contributed by atoms with Crippen molar-refractivity contribution in [1.29, 1.82) is 0 Å². The second-order valence-electron chi connectivity index (χ2n) is 6.42. The zero-order chi connectivity index (χ0) is 14.7. The van der Waals surface area contributed by atoms with E-state index in [2.05, 4.69) is 21.7 Å². The standard InChI is InChI=1S/C17H26N2OS/c1-18-15-16-14(9-11-21-16)8-10-19(17(15)20)12-13-6-4-2-3-5-7-13/h9,11,13,15,18H,2-8,10,12H2,1H3. The predicted octanol–water partition coefficient (Wildman–Crippen LogP) is 3.36. The van der Waals surface area contributed by atoms with Gasteiger partial charge in [-0.1, -0.05) is 25.7 Å². The number of hydrogen-bond donors (Lipinski definition) is 1. The fourth-order valence-corrected chi connectivity index (χ4v) is 4.82. The van der Waals surface area contributed by atoms with Gasteiger partial charge in [0.2, 0.25) is 5.91 Å². The molecule has 1 aromatic heterocycles.